The number of unbranched alkanes of at least 4 members (excludes halogenated alkanes) is 3. The third-order valence-electron chi connectivity index (χ3n) is 5.56. The number of rotatable bonds is 8. The number of carbonyl (C=O) groups excluding carboxylic acids is 1. The Morgan fingerprint density at radius 1 is 1.15 bits per heavy atom. The van der Waals surface area contributed by atoms with Gasteiger partial charge in [0.25, 0.3) is 0 Å². The monoisotopic (exact) mass is 371 g/mol. The van der Waals surface area contributed by atoms with E-state index >= 15 is 0 Å². The number of hydrogen-bond donors (Lipinski definition) is 2. The SMILES string of the molecule is CCCCCCNC(=O)Nn1nc(C2CCN(CC)CC2)c2ccccc21. The molecule has 1 aromatic carbocycles. The molecular formula is C21H33N5O. The van der Waals surface area contributed by atoms with Crippen LogP contribution >= 0.6 is 0 Å². The first kappa shape index (κ1) is 19.7. The summed E-state index contributed by atoms with van der Waals surface area (Å²) in [5, 5.41) is 8.88. The molecule has 0 atom stereocenters. The number of aromatic nitrogens is 2. The van der Waals surface area contributed by atoms with Crippen LogP contribution in [0.5, 0.6) is 0 Å². The van der Waals surface area contributed by atoms with Crippen LogP contribution < -0.4 is 10.7 Å². The highest BCUT2D eigenvalue weighted by Crippen LogP contribution is 2.32. The highest BCUT2D eigenvalue weighted by molar-refractivity contribution is 5.87. The molecule has 0 radical (unpaired) electrons. The Kier molecular flexibility index (Phi) is 7.10. The Labute approximate surface area is 162 Å². The van der Waals surface area contributed by atoms with E-state index in [9.17, 15) is 4.79 Å². The van der Waals surface area contributed by atoms with Crippen molar-refractivity contribution in [1.82, 2.24) is 20.1 Å². The van der Waals surface area contributed by atoms with Gasteiger partial charge in [0, 0.05) is 17.8 Å². The minimum atomic E-state index is -0.188. The number of carbonyl (C=O) groups is 1. The lowest BCUT2D eigenvalue weighted by Gasteiger charge is -2.30. The van der Waals surface area contributed by atoms with Crippen LogP contribution in [0.2, 0.25) is 0 Å². The fourth-order valence-electron chi connectivity index (χ4n) is 3.89. The lowest BCUT2D eigenvalue weighted by molar-refractivity contribution is 0.221. The van der Waals surface area contributed by atoms with Gasteiger partial charge in [-0.25, -0.2) is 10.2 Å². The predicted molar refractivity (Wildman–Crippen MR) is 111 cm³/mol. The van der Waals surface area contributed by atoms with E-state index in [1.54, 1.807) is 4.79 Å². The van der Waals surface area contributed by atoms with Crippen molar-refractivity contribution in [3.63, 3.8) is 0 Å². The number of nitrogens with one attached hydrogen (secondary N) is 2. The molecule has 1 aliphatic heterocycles. The van der Waals surface area contributed by atoms with Crippen LogP contribution in [0.25, 0.3) is 10.9 Å². The molecule has 3 rings (SSSR count). The number of fused-ring (bicyclic) bond motifs is 1. The third-order valence-corrected chi connectivity index (χ3v) is 5.56. The number of hydrogen-bond acceptors (Lipinski definition) is 3. The van der Waals surface area contributed by atoms with Gasteiger partial charge >= 0.3 is 6.03 Å². The zero-order valence-corrected chi connectivity index (χ0v) is 16.7. The number of benzene rings is 1. The molecule has 6 heteroatoms. The fourth-order valence-corrected chi connectivity index (χ4v) is 3.89. The standard InChI is InChI=1S/C21H33N5O/c1-3-5-6-9-14-22-21(27)24-26-19-11-8-7-10-18(19)20(23-26)17-12-15-25(4-2)16-13-17/h7-8,10-11,17H,3-6,9,12-16H2,1-2H3,(H2,22,24,27). The van der Waals surface area contributed by atoms with E-state index in [1.807, 2.05) is 18.2 Å². The van der Waals surface area contributed by atoms with Crippen LogP contribution in [0.1, 0.15) is 64.0 Å². The van der Waals surface area contributed by atoms with Crippen molar-refractivity contribution in [2.75, 3.05) is 31.6 Å². The molecular weight excluding hydrogens is 338 g/mol. The van der Waals surface area contributed by atoms with Gasteiger partial charge in [-0.2, -0.15) is 9.89 Å². The van der Waals surface area contributed by atoms with Crippen molar-refractivity contribution in [2.45, 2.75) is 58.3 Å². The van der Waals surface area contributed by atoms with Crippen molar-refractivity contribution in [3.05, 3.63) is 30.0 Å². The van der Waals surface area contributed by atoms with E-state index in [1.165, 1.54) is 12.8 Å². The summed E-state index contributed by atoms with van der Waals surface area (Å²) in [6.45, 7) is 8.46. The molecule has 1 aliphatic rings. The van der Waals surface area contributed by atoms with Gasteiger partial charge in [-0.3, -0.25) is 0 Å². The van der Waals surface area contributed by atoms with E-state index in [0.29, 0.717) is 12.5 Å². The molecule has 0 aliphatic carbocycles. The summed E-state index contributed by atoms with van der Waals surface area (Å²) in [6.07, 6.45) is 6.83. The van der Waals surface area contributed by atoms with E-state index in [2.05, 4.69) is 35.6 Å². The average Bonchev–Trinajstić information content (AvgIpc) is 3.06. The molecule has 1 aromatic heterocycles. The normalized spacial score (nSPS) is 15.9. The Hall–Kier alpha value is -2.08. The number of piperidine rings is 1. The molecule has 2 aromatic rings. The molecule has 2 amide bonds. The molecule has 6 nitrogen and oxygen atoms in total. The number of urea groups is 1. The van der Waals surface area contributed by atoms with Crippen LogP contribution in [-0.2, 0) is 0 Å². The molecule has 0 unspecified atom stereocenters. The van der Waals surface area contributed by atoms with Gasteiger partial charge in [0.1, 0.15) is 0 Å². The number of amides is 2. The van der Waals surface area contributed by atoms with Crippen LogP contribution in [0.15, 0.2) is 24.3 Å². The van der Waals surface area contributed by atoms with Crippen LogP contribution in [0.4, 0.5) is 4.79 Å². The van der Waals surface area contributed by atoms with Gasteiger partial charge in [-0.1, -0.05) is 51.3 Å². The Morgan fingerprint density at radius 3 is 2.67 bits per heavy atom. The fraction of sp³-hybridized carbons (Fsp3) is 0.619. The minimum absolute atomic E-state index is 0.188. The topological polar surface area (TPSA) is 62.2 Å². The van der Waals surface area contributed by atoms with Crippen molar-refractivity contribution in [1.29, 1.82) is 0 Å². The first-order chi connectivity index (χ1) is 13.2. The maximum Gasteiger partial charge on any atom is 0.335 e. The van der Waals surface area contributed by atoms with Crippen LogP contribution in [-0.4, -0.2) is 47.0 Å². The highest BCUT2D eigenvalue weighted by Gasteiger charge is 2.24. The summed E-state index contributed by atoms with van der Waals surface area (Å²) < 4.78 is 0. The zero-order chi connectivity index (χ0) is 19.1. The van der Waals surface area contributed by atoms with Crippen LogP contribution in [0, 0.1) is 0 Å². The van der Waals surface area contributed by atoms with Gasteiger partial charge in [0.15, 0.2) is 0 Å². The Balaban J connectivity index is 1.67. The van der Waals surface area contributed by atoms with E-state index in [4.69, 9.17) is 5.10 Å². The molecule has 1 saturated heterocycles. The lowest BCUT2D eigenvalue weighted by atomic mass is 9.92. The second kappa shape index (κ2) is 9.74. The van der Waals surface area contributed by atoms with Gasteiger partial charge < -0.3 is 10.2 Å². The first-order valence-electron chi connectivity index (χ1n) is 10.5. The van der Waals surface area contributed by atoms with E-state index in [-0.39, 0.29) is 6.03 Å². The summed E-state index contributed by atoms with van der Waals surface area (Å²) in [5.74, 6) is 0.456. The summed E-state index contributed by atoms with van der Waals surface area (Å²) in [6, 6.07) is 7.99. The van der Waals surface area contributed by atoms with Crippen molar-refractivity contribution in [2.24, 2.45) is 0 Å². The average molecular weight is 372 g/mol. The number of para-hydroxylation sites is 1. The van der Waals surface area contributed by atoms with Gasteiger partial charge in [-0.05, 0) is 45.0 Å². The zero-order valence-electron chi connectivity index (χ0n) is 16.7. The summed E-state index contributed by atoms with van der Waals surface area (Å²) in [7, 11) is 0. The molecule has 0 spiro atoms. The van der Waals surface area contributed by atoms with E-state index < -0.39 is 0 Å². The second-order valence-corrected chi connectivity index (χ2v) is 7.45. The maximum atomic E-state index is 12.3. The van der Waals surface area contributed by atoms with Crippen molar-refractivity contribution < 1.29 is 4.79 Å². The molecule has 27 heavy (non-hydrogen) atoms. The summed E-state index contributed by atoms with van der Waals surface area (Å²) in [4.78, 5) is 16.4. The predicted octanol–water partition coefficient (Wildman–Crippen LogP) is 4.07. The van der Waals surface area contributed by atoms with Crippen LogP contribution in [0.3, 0.4) is 0 Å². The minimum Gasteiger partial charge on any atom is -0.337 e. The molecule has 2 N–H and O–H groups in total. The number of nitrogens with zero attached hydrogens (tertiary/aromatic N) is 3. The van der Waals surface area contributed by atoms with Gasteiger partial charge in [0.05, 0.1) is 11.2 Å². The summed E-state index contributed by atoms with van der Waals surface area (Å²) in [5.41, 5.74) is 4.98. The van der Waals surface area contributed by atoms with E-state index in [0.717, 1.165) is 61.9 Å². The number of likely N-dealkylation sites (tertiary alicyclic amines) is 1. The molecule has 0 saturated carbocycles. The molecule has 1 fully saturated rings. The van der Waals surface area contributed by atoms with Crippen molar-refractivity contribution in [3.8, 4) is 0 Å². The highest BCUT2D eigenvalue weighted by atomic mass is 16.2. The summed E-state index contributed by atoms with van der Waals surface area (Å²) >= 11 is 0. The molecule has 2 heterocycles. The molecule has 0 bridgehead atoms. The largest absolute Gasteiger partial charge is 0.337 e. The molecule has 148 valence electrons. The third kappa shape index (κ3) is 5.01. The quantitative estimate of drug-likeness (QED) is 0.688. The van der Waals surface area contributed by atoms with Gasteiger partial charge in [-0.15, -0.1) is 0 Å². The lowest BCUT2D eigenvalue weighted by Crippen LogP contribution is -2.35. The second-order valence-electron chi connectivity index (χ2n) is 7.45. The van der Waals surface area contributed by atoms with Crippen molar-refractivity contribution >= 4 is 16.9 Å². The first-order valence-corrected chi connectivity index (χ1v) is 10.5. The Bertz CT molecular complexity index is 733. The smallest absolute Gasteiger partial charge is 0.335 e. The van der Waals surface area contributed by atoms with Gasteiger partial charge in [0.2, 0.25) is 0 Å². The Morgan fingerprint density at radius 2 is 1.93 bits per heavy atom. The maximum absolute atomic E-state index is 12.3.